The summed E-state index contributed by atoms with van der Waals surface area (Å²) in [5.74, 6) is 0. The summed E-state index contributed by atoms with van der Waals surface area (Å²) in [5.41, 5.74) is 0. The Kier molecular flexibility index (Phi) is 49.3. The van der Waals surface area contributed by atoms with Crippen LogP contribution in [0.1, 0.15) is 226 Å². The molecule has 2 nitrogen and oxygen atoms in total. The van der Waals surface area contributed by atoms with Gasteiger partial charge in [-0.2, -0.15) is 0 Å². The molecule has 0 aliphatic heterocycles. The molecule has 0 rings (SSSR count). The van der Waals surface area contributed by atoms with Gasteiger partial charge in [0.25, 0.3) is 0 Å². The van der Waals surface area contributed by atoms with Crippen LogP contribution in [-0.4, -0.2) is 63.8 Å². The van der Waals surface area contributed by atoms with Crippen molar-refractivity contribution in [2.75, 3.05) is 54.9 Å². The number of unbranched alkanes of at least 4 members (excludes halogenated alkanes) is 29. The van der Waals surface area contributed by atoms with Crippen LogP contribution in [0.2, 0.25) is 0 Å². The molecule has 4 heteroatoms. The van der Waals surface area contributed by atoms with Gasteiger partial charge in [0.15, 0.2) is 0 Å². The Labute approximate surface area is 313 Å². The number of nitrogens with zero attached hydrogens (tertiary/aromatic N) is 2. The lowest BCUT2D eigenvalue weighted by molar-refractivity contribution is -0.890. The van der Waals surface area contributed by atoms with E-state index in [0.29, 0.717) is 0 Å². The number of halogens is 2. The molecule has 0 saturated heterocycles. The van der Waals surface area contributed by atoms with E-state index < -0.39 is 0 Å². The van der Waals surface area contributed by atoms with Crippen LogP contribution >= 0.6 is 0 Å². The largest absolute Gasteiger partial charge is 1.00 e. The lowest BCUT2D eigenvalue weighted by Gasteiger charge is -2.30. The van der Waals surface area contributed by atoms with E-state index in [9.17, 15) is 0 Å². The Morgan fingerprint density at radius 1 is 0.234 bits per heavy atom. The van der Waals surface area contributed by atoms with Gasteiger partial charge >= 0.3 is 0 Å². The van der Waals surface area contributed by atoms with Gasteiger partial charge in [-0.3, -0.25) is 0 Å². The van der Waals surface area contributed by atoms with Crippen LogP contribution in [0.5, 0.6) is 0 Å². The zero-order valence-corrected chi connectivity index (χ0v) is 35.9. The highest BCUT2D eigenvalue weighted by Gasteiger charge is 2.13. The fourth-order valence-electron chi connectivity index (χ4n) is 6.59. The first-order chi connectivity index (χ1) is 21.7. The van der Waals surface area contributed by atoms with Crippen LogP contribution in [0.3, 0.4) is 0 Å². The molecule has 0 aliphatic carbocycles. The van der Waals surface area contributed by atoms with Gasteiger partial charge in [0.05, 0.1) is 54.9 Å². The third-order valence-electron chi connectivity index (χ3n) is 9.92. The quantitative estimate of drug-likeness (QED) is 0.0459. The maximum absolute atomic E-state index is 2.43. The summed E-state index contributed by atoms with van der Waals surface area (Å²) in [4.78, 5) is 0. The van der Waals surface area contributed by atoms with Gasteiger partial charge in [-0.25, -0.2) is 0 Å². The number of hydrogen-bond donors (Lipinski definition) is 0. The third kappa shape index (κ3) is 53.5. The van der Waals surface area contributed by atoms with Gasteiger partial charge < -0.3 is 33.8 Å². The van der Waals surface area contributed by atoms with E-state index in [2.05, 4.69) is 56.0 Å². The molecule has 0 radical (unpaired) electrons. The molecular formula is C43H94Cl2N2. The van der Waals surface area contributed by atoms with Crippen molar-refractivity contribution < 1.29 is 33.8 Å². The standard InChI is InChI=1S/C22H48N.C21H46N.2ClH/c1-5-7-9-11-13-15-17-19-21-23(3,4)22-20-18-16-14-12-10-8-6-2;1-5-6-7-8-9-10-11-12-13-14-15-16-17-18-19-20-21-22(2,3)4;;/h5-22H2,1-4H3;5-21H2,1-4H3;2*1H/q2*+1;;/p-2. The molecule has 0 unspecified atom stereocenters. The Morgan fingerprint density at radius 3 is 0.596 bits per heavy atom. The zero-order chi connectivity index (χ0) is 33.7. The average Bonchev–Trinajstić information content (AvgIpc) is 2.99. The Hall–Kier alpha value is 0.500. The zero-order valence-electron chi connectivity index (χ0n) is 34.4. The third-order valence-corrected chi connectivity index (χ3v) is 9.92. The van der Waals surface area contributed by atoms with Crippen molar-refractivity contribution in [3.05, 3.63) is 0 Å². The van der Waals surface area contributed by atoms with E-state index in [4.69, 9.17) is 0 Å². The highest BCUT2D eigenvalue weighted by atomic mass is 35.5. The predicted molar refractivity (Wildman–Crippen MR) is 210 cm³/mol. The lowest BCUT2D eigenvalue weighted by Crippen LogP contribution is -3.00. The summed E-state index contributed by atoms with van der Waals surface area (Å²) in [7, 11) is 11.8. The van der Waals surface area contributed by atoms with Crippen LogP contribution in [-0.2, 0) is 0 Å². The fraction of sp³-hybridized carbons (Fsp3) is 1.00. The minimum absolute atomic E-state index is 0. The normalized spacial score (nSPS) is 11.5. The molecule has 0 spiro atoms. The maximum atomic E-state index is 2.43. The molecule has 0 heterocycles. The van der Waals surface area contributed by atoms with Crippen molar-refractivity contribution in [1.29, 1.82) is 0 Å². The van der Waals surface area contributed by atoms with E-state index in [0.717, 1.165) is 4.48 Å². The first kappa shape index (κ1) is 54.3. The predicted octanol–water partition coefficient (Wildman–Crippen LogP) is 8.31. The van der Waals surface area contributed by atoms with E-state index in [1.165, 1.54) is 230 Å². The van der Waals surface area contributed by atoms with Crippen molar-refractivity contribution in [1.82, 2.24) is 0 Å². The fourth-order valence-corrected chi connectivity index (χ4v) is 6.59. The number of rotatable bonds is 35. The van der Waals surface area contributed by atoms with Crippen LogP contribution < -0.4 is 24.8 Å². The van der Waals surface area contributed by atoms with E-state index in [-0.39, 0.29) is 24.8 Å². The molecule has 0 bridgehead atoms. The first-order valence-corrected chi connectivity index (χ1v) is 21.3. The van der Waals surface area contributed by atoms with Gasteiger partial charge in [-0.1, -0.05) is 188 Å². The molecule has 0 aromatic heterocycles. The molecule has 0 aliphatic rings. The highest BCUT2D eigenvalue weighted by Crippen LogP contribution is 2.15. The van der Waals surface area contributed by atoms with E-state index in [1.807, 2.05) is 0 Å². The van der Waals surface area contributed by atoms with Gasteiger partial charge in [0.2, 0.25) is 0 Å². The summed E-state index contributed by atoms with van der Waals surface area (Å²) in [6.07, 6.45) is 46.4. The molecule has 0 fully saturated rings. The molecule has 47 heavy (non-hydrogen) atoms. The average molecular weight is 710 g/mol. The molecule has 0 amide bonds. The lowest BCUT2D eigenvalue weighted by atomic mass is 10.0. The Bertz CT molecular complexity index is 510. The first-order valence-electron chi connectivity index (χ1n) is 21.3. The van der Waals surface area contributed by atoms with Crippen molar-refractivity contribution in [2.24, 2.45) is 0 Å². The molecular weight excluding hydrogens is 615 g/mol. The summed E-state index contributed by atoms with van der Waals surface area (Å²) in [6.45, 7) is 11.0. The number of quaternary nitrogens is 2. The summed E-state index contributed by atoms with van der Waals surface area (Å²) < 4.78 is 2.37. The number of hydrogen-bond acceptors (Lipinski definition) is 0. The van der Waals surface area contributed by atoms with E-state index in [1.54, 1.807) is 0 Å². The summed E-state index contributed by atoms with van der Waals surface area (Å²) >= 11 is 0. The van der Waals surface area contributed by atoms with Crippen LogP contribution in [0.25, 0.3) is 0 Å². The van der Waals surface area contributed by atoms with Crippen LogP contribution in [0.4, 0.5) is 0 Å². The summed E-state index contributed by atoms with van der Waals surface area (Å²) in [6, 6.07) is 0. The van der Waals surface area contributed by atoms with Gasteiger partial charge in [-0.05, 0) is 38.5 Å². The summed E-state index contributed by atoms with van der Waals surface area (Å²) in [5, 5.41) is 0. The smallest absolute Gasteiger partial charge is 0.0782 e. The second-order valence-electron chi connectivity index (χ2n) is 16.6. The maximum Gasteiger partial charge on any atom is 0.0782 e. The molecule has 290 valence electrons. The Balaban J connectivity index is -0.000000378. The molecule has 0 atom stereocenters. The van der Waals surface area contributed by atoms with E-state index >= 15 is 0 Å². The molecule has 0 saturated carbocycles. The Morgan fingerprint density at radius 2 is 0.404 bits per heavy atom. The van der Waals surface area contributed by atoms with Crippen molar-refractivity contribution >= 4 is 0 Å². The van der Waals surface area contributed by atoms with Crippen molar-refractivity contribution in [2.45, 2.75) is 226 Å². The van der Waals surface area contributed by atoms with Crippen molar-refractivity contribution in [3.8, 4) is 0 Å². The topological polar surface area (TPSA) is 0 Å². The SMILES string of the molecule is CCCCCCCCCCCCCCCCCC[N+](C)(C)C.CCCCCCCCCC[N+](C)(C)CCCCCCCCCC.[Cl-].[Cl-]. The minimum Gasteiger partial charge on any atom is -1.00 e. The second kappa shape index (κ2) is 42.7. The van der Waals surface area contributed by atoms with Crippen LogP contribution in [0.15, 0.2) is 0 Å². The minimum atomic E-state index is 0. The highest BCUT2D eigenvalue weighted by molar-refractivity contribution is 4.51. The monoisotopic (exact) mass is 709 g/mol. The van der Waals surface area contributed by atoms with Gasteiger partial charge in [0, 0.05) is 0 Å². The van der Waals surface area contributed by atoms with Gasteiger partial charge in [-0.15, -0.1) is 0 Å². The van der Waals surface area contributed by atoms with Crippen molar-refractivity contribution in [3.63, 3.8) is 0 Å². The molecule has 0 N–H and O–H groups in total. The van der Waals surface area contributed by atoms with Crippen LogP contribution in [0, 0.1) is 0 Å². The molecule has 0 aromatic carbocycles. The molecule has 0 aromatic rings. The van der Waals surface area contributed by atoms with Gasteiger partial charge in [0.1, 0.15) is 0 Å². The second-order valence-corrected chi connectivity index (χ2v) is 16.6.